The number of hydrogen-bond acceptors (Lipinski definition) is 4. The number of rotatable bonds is 11. The number of nitrogens with zero attached hydrogens (tertiary/aromatic N) is 1. The molecule has 0 fully saturated rings. The number of ether oxygens (including phenoxy) is 2. The predicted octanol–water partition coefficient (Wildman–Crippen LogP) is 1.60. The van der Waals surface area contributed by atoms with Gasteiger partial charge in [-0.05, 0) is 25.9 Å². The summed E-state index contributed by atoms with van der Waals surface area (Å²) in [6.07, 6.45) is 0. The van der Waals surface area contributed by atoms with Crippen molar-refractivity contribution >= 4 is 0 Å². The Hall–Kier alpha value is -0.160. The minimum atomic E-state index is 0.406. The van der Waals surface area contributed by atoms with Crippen molar-refractivity contribution in [3.05, 3.63) is 0 Å². The van der Waals surface area contributed by atoms with Crippen LogP contribution in [0.15, 0.2) is 0 Å². The Labute approximate surface area is 113 Å². The maximum atomic E-state index is 5.35. The first kappa shape index (κ1) is 17.8. The number of nitrogens with one attached hydrogen (secondary N) is 1. The van der Waals surface area contributed by atoms with Crippen molar-refractivity contribution in [1.82, 2.24) is 10.2 Å². The van der Waals surface area contributed by atoms with Crippen molar-refractivity contribution in [1.29, 1.82) is 0 Å². The van der Waals surface area contributed by atoms with Gasteiger partial charge in [0.05, 0.1) is 13.2 Å². The fourth-order valence-corrected chi connectivity index (χ4v) is 2.27. The van der Waals surface area contributed by atoms with Gasteiger partial charge in [-0.1, -0.05) is 20.8 Å². The molecule has 0 radical (unpaired) electrons. The first-order valence-electron chi connectivity index (χ1n) is 7.01. The molecule has 0 heterocycles. The van der Waals surface area contributed by atoms with E-state index < -0.39 is 0 Å². The summed E-state index contributed by atoms with van der Waals surface area (Å²) in [7, 11) is 3.52. The van der Waals surface area contributed by atoms with E-state index in [-0.39, 0.29) is 0 Å². The van der Waals surface area contributed by atoms with Gasteiger partial charge in [0.1, 0.15) is 0 Å². The Balaban J connectivity index is 4.32. The second-order valence-corrected chi connectivity index (χ2v) is 5.30. The quantitative estimate of drug-likeness (QED) is 0.612. The van der Waals surface area contributed by atoms with Crippen LogP contribution in [0.1, 0.15) is 27.7 Å². The maximum absolute atomic E-state index is 5.35. The maximum Gasteiger partial charge on any atom is 0.0630 e. The lowest BCUT2D eigenvalue weighted by atomic mass is 10.1. The monoisotopic (exact) mass is 260 g/mol. The molecule has 4 nitrogen and oxygen atoms in total. The Morgan fingerprint density at radius 2 is 1.61 bits per heavy atom. The summed E-state index contributed by atoms with van der Waals surface area (Å²) in [4.78, 5) is 2.44. The molecule has 1 N–H and O–H groups in total. The smallest absolute Gasteiger partial charge is 0.0630 e. The molecule has 0 aliphatic heterocycles. The van der Waals surface area contributed by atoms with Crippen molar-refractivity contribution < 1.29 is 9.47 Å². The fourth-order valence-electron chi connectivity index (χ4n) is 2.27. The molecule has 2 unspecified atom stereocenters. The minimum Gasteiger partial charge on any atom is -0.383 e. The minimum absolute atomic E-state index is 0.406. The Bertz CT molecular complexity index is 189. The van der Waals surface area contributed by atoms with Gasteiger partial charge < -0.3 is 14.8 Å². The summed E-state index contributed by atoms with van der Waals surface area (Å²) in [6, 6.07) is 0.824. The summed E-state index contributed by atoms with van der Waals surface area (Å²) in [5.41, 5.74) is 0. The van der Waals surface area contributed by atoms with Gasteiger partial charge in [0, 0.05) is 32.8 Å². The van der Waals surface area contributed by atoms with Crippen LogP contribution in [0.25, 0.3) is 0 Å². The summed E-state index contributed by atoms with van der Waals surface area (Å²) in [6.45, 7) is 13.4. The molecule has 0 saturated heterocycles. The molecule has 0 amide bonds. The molecular weight excluding hydrogens is 228 g/mol. The van der Waals surface area contributed by atoms with Gasteiger partial charge in [0.25, 0.3) is 0 Å². The van der Waals surface area contributed by atoms with Crippen LogP contribution in [0, 0.1) is 5.92 Å². The third kappa shape index (κ3) is 7.31. The number of methoxy groups -OCH3 is 2. The molecule has 110 valence electrons. The molecule has 0 spiro atoms. The zero-order chi connectivity index (χ0) is 14.0. The van der Waals surface area contributed by atoms with Gasteiger partial charge in [0.2, 0.25) is 0 Å². The van der Waals surface area contributed by atoms with Crippen LogP contribution in [-0.2, 0) is 9.47 Å². The van der Waals surface area contributed by atoms with E-state index >= 15 is 0 Å². The zero-order valence-corrected chi connectivity index (χ0v) is 13.0. The SMILES string of the molecule is CCN(C(C)COC)C(CNCC(C)C)COC. The highest BCUT2D eigenvalue weighted by atomic mass is 16.5. The number of hydrogen-bond donors (Lipinski definition) is 1. The van der Waals surface area contributed by atoms with E-state index in [9.17, 15) is 0 Å². The van der Waals surface area contributed by atoms with E-state index in [1.54, 1.807) is 14.2 Å². The molecule has 0 aromatic rings. The molecule has 0 aliphatic rings. The van der Waals surface area contributed by atoms with Gasteiger partial charge in [-0.25, -0.2) is 0 Å². The van der Waals surface area contributed by atoms with Gasteiger partial charge in [-0.3, -0.25) is 4.90 Å². The Kier molecular flexibility index (Phi) is 10.6. The average molecular weight is 260 g/mol. The van der Waals surface area contributed by atoms with Crippen molar-refractivity contribution in [2.24, 2.45) is 5.92 Å². The third-order valence-electron chi connectivity index (χ3n) is 3.10. The first-order chi connectivity index (χ1) is 8.56. The Morgan fingerprint density at radius 3 is 2.06 bits per heavy atom. The molecule has 2 atom stereocenters. The van der Waals surface area contributed by atoms with E-state index in [1.165, 1.54) is 0 Å². The molecule has 4 heteroatoms. The summed E-state index contributed by atoms with van der Waals surface area (Å²) in [5.74, 6) is 0.680. The van der Waals surface area contributed by atoms with Gasteiger partial charge >= 0.3 is 0 Å². The van der Waals surface area contributed by atoms with E-state index in [0.717, 1.165) is 32.8 Å². The summed E-state index contributed by atoms with van der Waals surface area (Å²) in [5, 5.41) is 3.52. The second-order valence-electron chi connectivity index (χ2n) is 5.30. The van der Waals surface area contributed by atoms with Crippen LogP contribution in [-0.4, -0.2) is 64.1 Å². The van der Waals surface area contributed by atoms with Crippen molar-refractivity contribution in [3.63, 3.8) is 0 Å². The van der Waals surface area contributed by atoms with Crippen LogP contribution in [0.4, 0.5) is 0 Å². The highest BCUT2D eigenvalue weighted by Crippen LogP contribution is 2.06. The van der Waals surface area contributed by atoms with Crippen LogP contribution in [0.2, 0.25) is 0 Å². The van der Waals surface area contributed by atoms with E-state index in [1.807, 2.05) is 0 Å². The molecule has 0 rings (SSSR count). The third-order valence-corrected chi connectivity index (χ3v) is 3.10. The molecule has 0 aliphatic carbocycles. The van der Waals surface area contributed by atoms with Gasteiger partial charge in [0.15, 0.2) is 0 Å². The first-order valence-corrected chi connectivity index (χ1v) is 7.01. The largest absolute Gasteiger partial charge is 0.383 e. The van der Waals surface area contributed by atoms with E-state index in [4.69, 9.17) is 9.47 Å². The Morgan fingerprint density at radius 1 is 1.00 bits per heavy atom. The topological polar surface area (TPSA) is 33.7 Å². The average Bonchev–Trinajstić information content (AvgIpc) is 2.29. The molecular formula is C14H32N2O2. The summed E-state index contributed by atoms with van der Waals surface area (Å²) < 4.78 is 10.6. The van der Waals surface area contributed by atoms with E-state index in [2.05, 4.69) is 37.9 Å². The van der Waals surface area contributed by atoms with Crippen LogP contribution in [0.3, 0.4) is 0 Å². The highest BCUT2D eigenvalue weighted by molar-refractivity contribution is 4.78. The molecule has 0 bridgehead atoms. The fraction of sp³-hybridized carbons (Fsp3) is 1.00. The van der Waals surface area contributed by atoms with Gasteiger partial charge in [-0.15, -0.1) is 0 Å². The van der Waals surface area contributed by atoms with Crippen LogP contribution >= 0.6 is 0 Å². The lowest BCUT2D eigenvalue weighted by molar-refractivity contribution is 0.0359. The van der Waals surface area contributed by atoms with Crippen LogP contribution in [0.5, 0.6) is 0 Å². The van der Waals surface area contributed by atoms with Gasteiger partial charge in [-0.2, -0.15) is 0 Å². The standard InChI is InChI=1S/C14H32N2O2/c1-7-16(13(4)10-17-5)14(11-18-6)9-15-8-12(2)3/h12-15H,7-11H2,1-6H3. The molecule has 18 heavy (non-hydrogen) atoms. The second kappa shape index (κ2) is 10.7. The molecule has 0 aromatic heterocycles. The van der Waals surface area contributed by atoms with Crippen molar-refractivity contribution in [2.75, 3.05) is 47.1 Å². The van der Waals surface area contributed by atoms with E-state index in [0.29, 0.717) is 18.0 Å². The normalized spacial score (nSPS) is 15.3. The predicted molar refractivity (Wildman–Crippen MR) is 77.1 cm³/mol. The molecule has 0 saturated carbocycles. The zero-order valence-electron chi connectivity index (χ0n) is 13.0. The van der Waals surface area contributed by atoms with Crippen molar-refractivity contribution in [2.45, 2.75) is 39.8 Å². The van der Waals surface area contributed by atoms with Crippen LogP contribution < -0.4 is 5.32 Å². The number of likely N-dealkylation sites (N-methyl/N-ethyl adjacent to an activating group) is 1. The highest BCUT2D eigenvalue weighted by Gasteiger charge is 2.21. The lowest BCUT2D eigenvalue weighted by Crippen LogP contribution is -2.50. The van der Waals surface area contributed by atoms with Crippen molar-refractivity contribution in [3.8, 4) is 0 Å². The summed E-state index contributed by atoms with van der Waals surface area (Å²) >= 11 is 0. The molecule has 0 aromatic carbocycles. The lowest BCUT2D eigenvalue weighted by Gasteiger charge is -2.35.